The molecule has 0 saturated carbocycles. The topological polar surface area (TPSA) is 74.1 Å². The molecule has 27 heavy (non-hydrogen) atoms. The van der Waals surface area contributed by atoms with E-state index in [1.165, 1.54) is 5.56 Å². The van der Waals surface area contributed by atoms with Crippen LogP contribution in [0.25, 0.3) is 5.70 Å². The molecule has 0 aliphatic carbocycles. The molecular weight excluding hydrogens is 342 g/mol. The van der Waals surface area contributed by atoms with Gasteiger partial charge < -0.3 is 14.8 Å². The lowest BCUT2D eigenvalue weighted by Gasteiger charge is -2.25. The minimum absolute atomic E-state index is 0.220. The first-order valence-electron chi connectivity index (χ1n) is 8.81. The van der Waals surface area contributed by atoms with Gasteiger partial charge in [0.2, 0.25) is 5.95 Å². The number of aryl methyl sites for hydroxylation is 1. The molecular formula is C20H21N5O2. The fourth-order valence-electron chi connectivity index (χ4n) is 3.23. The number of tetrazole rings is 1. The van der Waals surface area contributed by atoms with Gasteiger partial charge in [-0.1, -0.05) is 36.3 Å². The van der Waals surface area contributed by atoms with E-state index in [1.54, 1.807) is 18.9 Å². The molecule has 1 aliphatic heterocycles. The number of nitrogens with one attached hydrogen (secondary N) is 1. The number of nitrogens with zero attached hydrogens (tertiary/aromatic N) is 4. The van der Waals surface area contributed by atoms with Crippen LogP contribution in [0.4, 0.5) is 5.95 Å². The second-order valence-electron chi connectivity index (χ2n) is 6.26. The Morgan fingerprint density at radius 3 is 2.59 bits per heavy atom. The summed E-state index contributed by atoms with van der Waals surface area (Å²) < 4.78 is 12.7. The Hall–Kier alpha value is -3.35. The maximum absolute atomic E-state index is 5.57. The van der Waals surface area contributed by atoms with Crippen LogP contribution in [0, 0.1) is 0 Å². The highest BCUT2D eigenvalue weighted by atomic mass is 16.5. The third kappa shape index (κ3) is 3.12. The number of ether oxygens (including phenoxy) is 2. The smallest absolute Gasteiger partial charge is 0.248 e. The predicted octanol–water partition coefficient (Wildman–Crippen LogP) is 3.31. The van der Waals surface area contributed by atoms with Gasteiger partial charge in [0, 0.05) is 11.3 Å². The first kappa shape index (κ1) is 17.1. The molecule has 1 N–H and O–H groups in total. The van der Waals surface area contributed by atoms with E-state index in [9.17, 15) is 0 Å². The zero-order valence-corrected chi connectivity index (χ0v) is 15.5. The molecule has 0 amide bonds. The maximum atomic E-state index is 5.57. The summed E-state index contributed by atoms with van der Waals surface area (Å²) in [4.78, 5) is 0. The van der Waals surface area contributed by atoms with Crippen molar-refractivity contribution in [2.24, 2.45) is 0 Å². The molecule has 2 aromatic carbocycles. The number of allylic oxidation sites excluding steroid dienone is 1. The zero-order valence-electron chi connectivity index (χ0n) is 15.5. The Morgan fingerprint density at radius 1 is 1.07 bits per heavy atom. The van der Waals surface area contributed by atoms with E-state index in [-0.39, 0.29) is 6.04 Å². The second-order valence-corrected chi connectivity index (χ2v) is 6.26. The van der Waals surface area contributed by atoms with E-state index in [0.717, 1.165) is 34.7 Å². The summed E-state index contributed by atoms with van der Waals surface area (Å²) in [5.74, 6) is 2.09. The van der Waals surface area contributed by atoms with Gasteiger partial charge in [-0.3, -0.25) is 0 Å². The van der Waals surface area contributed by atoms with Gasteiger partial charge in [0.1, 0.15) is 17.5 Å². The van der Waals surface area contributed by atoms with Gasteiger partial charge in [-0.25, -0.2) is 0 Å². The van der Waals surface area contributed by atoms with Gasteiger partial charge in [0.05, 0.1) is 14.2 Å². The Balaban J connectivity index is 1.82. The number of benzene rings is 2. The number of hydrogen-bond donors (Lipinski definition) is 1. The molecule has 2 heterocycles. The van der Waals surface area contributed by atoms with Crippen LogP contribution in [0.15, 0.2) is 48.5 Å². The summed E-state index contributed by atoms with van der Waals surface area (Å²) in [7, 11) is 3.30. The molecule has 0 spiro atoms. The van der Waals surface area contributed by atoms with Crippen molar-refractivity contribution in [3.63, 3.8) is 0 Å². The van der Waals surface area contributed by atoms with Crippen molar-refractivity contribution >= 4 is 11.6 Å². The Bertz CT molecular complexity index is 978. The number of hydrogen-bond acceptors (Lipinski definition) is 6. The van der Waals surface area contributed by atoms with Gasteiger partial charge in [-0.15, -0.1) is 0 Å². The molecule has 1 atom stereocenters. The van der Waals surface area contributed by atoms with E-state index in [0.29, 0.717) is 5.95 Å². The lowest BCUT2D eigenvalue weighted by molar-refractivity contribution is 0.393. The average Bonchev–Trinajstić information content (AvgIpc) is 3.21. The van der Waals surface area contributed by atoms with E-state index in [1.807, 2.05) is 18.2 Å². The first-order chi connectivity index (χ1) is 13.2. The predicted molar refractivity (Wildman–Crippen MR) is 103 cm³/mol. The van der Waals surface area contributed by atoms with Crippen LogP contribution in [0.2, 0.25) is 0 Å². The molecule has 4 rings (SSSR count). The highest BCUT2D eigenvalue weighted by Crippen LogP contribution is 2.37. The number of rotatable bonds is 5. The number of methoxy groups -OCH3 is 2. The Labute approximate surface area is 157 Å². The van der Waals surface area contributed by atoms with Gasteiger partial charge in [-0.05, 0) is 52.2 Å². The molecule has 1 aromatic heterocycles. The van der Waals surface area contributed by atoms with Gasteiger partial charge in [0.25, 0.3) is 0 Å². The first-order valence-corrected chi connectivity index (χ1v) is 8.81. The van der Waals surface area contributed by atoms with Crippen LogP contribution >= 0.6 is 0 Å². The third-order valence-corrected chi connectivity index (χ3v) is 4.76. The van der Waals surface area contributed by atoms with E-state index in [4.69, 9.17) is 9.47 Å². The fraction of sp³-hybridized carbons (Fsp3) is 0.250. The van der Waals surface area contributed by atoms with Crippen molar-refractivity contribution in [2.45, 2.75) is 19.4 Å². The molecule has 0 bridgehead atoms. The SMILES string of the molecule is CCc1ccc(C2=C[C@@H](c3cc(OC)ccc3OC)n3nnnc3N2)cc1. The lowest BCUT2D eigenvalue weighted by atomic mass is 10.00. The van der Waals surface area contributed by atoms with Crippen LogP contribution in [0.1, 0.15) is 29.7 Å². The normalized spacial score (nSPS) is 15.5. The fourth-order valence-corrected chi connectivity index (χ4v) is 3.23. The van der Waals surface area contributed by atoms with Crippen LogP contribution in [0.3, 0.4) is 0 Å². The van der Waals surface area contributed by atoms with E-state index >= 15 is 0 Å². The van der Waals surface area contributed by atoms with Crippen molar-refractivity contribution in [2.75, 3.05) is 19.5 Å². The van der Waals surface area contributed by atoms with Crippen LogP contribution in [0.5, 0.6) is 11.5 Å². The van der Waals surface area contributed by atoms with Crippen molar-refractivity contribution in [1.29, 1.82) is 0 Å². The quantitative estimate of drug-likeness (QED) is 0.750. The molecule has 0 unspecified atom stereocenters. The third-order valence-electron chi connectivity index (χ3n) is 4.76. The Morgan fingerprint density at radius 2 is 1.89 bits per heavy atom. The standard InChI is InChI=1S/C20H21N5O2/c1-4-13-5-7-14(8-6-13)17-12-18(25-20(21-17)22-23-24-25)16-11-15(26-2)9-10-19(16)27-3/h5-12,18H,4H2,1-3H3,(H,21,22,24)/t18-/m0/s1. The van der Waals surface area contributed by atoms with Gasteiger partial charge in [-0.2, -0.15) is 4.68 Å². The minimum atomic E-state index is -0.220. The van der Waals surface area contributed by atoms with Gasteiger partial charge in [0.15, 0.2) is 0 Å². The zero-order chi connectivity index (χ0) is 18.8. The van der Waals surface area contributed by atoms with Crippen LogP contribution in [-0.2, 0) is 6.42 Å². The maximum Gasteiger partial charge on any atom is 0.248 e. The highest BCUT2D eigenvalue weighted by Gasteiger charge is 2.27. The summed E-state index contributed by atoms with van der Waals surface area (Å²) >= 11 is 0. The molecule has 0 radical (unpaired) electrons. The van der Waals surface area contributed by atoms with Crippen molar-refractivity contribution in [3.05, 3.63) is 65.2 Å². The van der Waals surface area contributed by atoms with Gasteiger partial charge >= 0.3 is 0 Å². The summed E-state index contributed by atoms with van der Waals surface area (Å²) in [6, 6.07) is 14.0. The monoisotopic (exact) mass is 363 g/mol. The van der Waals surface area contributed by atoms with E-state index < -0.39 is 0 Å². The van der Waals surface area contributed by atoms with Crippen LogP contribution < -0.4 is 14.8 Å². The average molecular weight is 363 g/mol. The molecule has 138 valence electrons. The molecule has 1 aliphatic rings. The molecule has 7 heteroatoms. The summed E-state index contributed by atoms with van der Waals surface area (Å²) in [6.45, 7) is 2.15. The summed E-state index contributed by atoms with van der Waals surface area (Å²) in [5, 5.41) is 15.4. The second kappa shape index (κ2) is 7.11. The number of aromatic nitrogens is 4. The lowest BCUT2D eigenvalue weighted by Crippen LogP contribution is -2.20. The molecule has 0 fully saturated rings. The summed E-state index contributed by atoms with van der Waals surface area (Å²) in [5.41, 5.74) is 4.25. The summed E-state index contributed by atoms with van der Waals surface area (Å²) in [6.07, 6.45) is 3.11. The van der Waals surface area contributed by atoms with Crippen molar-refractivity contribution < 1.29 is 9.47 Å². The molecule has 7 nitrogen and oxygen atoms in total. The Kier molecular flexibility index (Phi) is 4.50. The van der Waals surface area contributed by atoms with Crippen molar-refractivity contribution in [1.82, 2.24) is 20.2 Å². The van der Waals surface area contributed by atoms with E-state index in [2.05, 4.69) is 58.1 Å². The van der Waals surface area contributed by atoms with Crippen molar-refractivity contribution in [3.8, 4) is 11.5 Å². The number of anilines is 1. The molecule has 3 aromatic rings. The largest absolute Gasteiger partial charge is 0.497 e. The molecule has 0 saturated heterocycles. The van der Waals surface area contributed by atoms with Crippen LogP contribution in [-0.4, -0.2) is 34.4 Å². The number of fused-ring (bicyclic) bond motifs is 1. The minimum Gasteiger partial charge on any atom is -0.497 e. The highest BCUT2D eigenvalue weighted by molar-refractivity contribution is 5.77.